The average Bonchev–Trinajstić information content (AvgIpc) is 2.25. The molecule has 1 aromatic carbocycles. The Morgan fingerprint density at radius 1 is 1.30 bits per heavy atom. The molecule has 0 spiro atoms. The second-order valence-corrected chi connectivity index (χ2v) is 6.53. The molecule has 1 rings (SSSR count). The third-order valence-corrected chi connectivity index (χ3v) is 3.62. The Kier molecular flexibility index (Phi) is 5.10. The summed E-state index contributed by atoms with van der Waals surface area (Å²) in [5.74, 6) is -0.666. The molecule has 0 aliphatic heterocycles. The van der Waals surface area contributed by atoms with Crippen LogP contribution in [0.25, 0.3) is 0 Å². The summed E-state index contributed by atoms with van der Waals surface area (Å²) in [6.07, 6.45) is -3.12. The minimum atomic E-state index is -4.59. The first-order valence-corrected chi connectivity index (χ1v) is 7.54. The molecule has 1 amide bonds. The van der Waals surface area contributed by atoms with E-state index in [1.165, 1.54) is 18.4 Å². The van der Waals surface area contributed by atoms with Gasteiger partial charge in [0.25, 0.3) is 5.91 Å². The van der Waals surface area contributed by atoms with Crippen molar-refractivity contribution in [2.24, 2.45) is 0 Å². The van der Waals surface area contributed by atoms with Crippen LogP contribution in [0.3, 0.4) is 0 Å². The van der Waals surface area contributed by atoms with Gasteiger partial charge in [0.1, 0.15) is 5.75 Å². The van der Waals surface area contributed by atoms with Crippen LogP contribution in [0.2, 0.25) is 0 Å². The summed E-state index contributed by atoms with van der Waals surface area (Å²) in [7, 11) is 0. The molecule has 7 heteroatoms. The van der Waals surface area contributed by atoms with Crippen molar-refractivity contribution in [1.82, 2.24) is 5.32 Å². The Morgan fingerprint density at radius 2 is 1.85 bits per heavy atom. The molecule has 0 aromatic heterocycles. The van der Waals surface area contributed by atoms with Crippen LogP contribution in [-0.4, -0.2) is 28.0 Å². The van der Waals surface area contributed by atoms with E-state index in [0.717, 1.165) is 12.1 Å². The predicted octanol–water partition coefficient (Wildman–Crippen LogP) is 2.59. The van der Waals surface area contributed by atoms with Gasteiger partial charge in [0.15, 0.2) is 0 Å². The van der Waals surface area contributed by atoms with Gasteiger partial charge in [-0.15, -0.1) is 0 Å². The lowest BCUT2D eigenvalue weighted by atomic mass is 10.0. The number of carbonyl (C=O) groups is 1. The lowest BCUT2D eigenvalue weighted by Crippen LogP contribution is -2.48. The molecule has 20 heavy (non-hydrogen) atoms. The summed E-state index contributed by atoms with van der Waals surface area (Å²) in [5, 5.41) is 2.48. The van der Waals surface area contributed by atoms with Crippen LogP contribution in [-0.2, 0) is 17.4 Å². The highest BCUT2D eigenvalue weighted by Crippen LogP contribution is 2.31. The van der Waals surface area contributed by atoms with Gasteiger partial charge in [0, 0.05) is 0 Å². The molecule has 0 fully saturated rings. The maximum absolute atomic E-state index is 12.8. The molecular formula is C13H16F3NO2S. The summed E-state index contributed by atoms with van der Waals surface area (Å²) in [6.45, 7) is 3.23. The summed E-state index contributed by atoms with van der Waals surface area (Å²) in [4.78, 5) is 12.0. The van der Waals surface area contributed by atoms with Gasteiger partial charge in [0.05, 0.1) is 22.9 Å². The maximum atomic E-state index is 12.8. The zero-order valence-corrected chi connectivity index (χ0v) is 12.2. The lowest BCUT2D eigenvalue weighted by Gasteiger charge is -2.26. The Bertz CT molecular complexity index is 487. The Balaban J connectivity index is 2.99. The van der Waals surface area contributed by atoms with Crippen molar-refractivity contribution in [2.45, 2.75) is 25.6 Å². The SMILES string of the molecule is C[S+]([O-])CC(C)(C)NC(=O)c1ccccc1C(F)(F)F. The highest BCUT2D eigenvalue weighted by atomic mass is 32.2. The first-order valence-electron chi connectivity index (χ1n) is 5.82. The molecule has 1 aromatic rings. The van der Waals surface area contributed by atoms with Crippen LogP contribution < -0.4 is 5.32 Å². The Morgan fingerprint density at radius 3 is 2.35 bits per heavy atom. The van der Waals surface area contributed by atoms with E-state index >= 15 is 0 Å². The van der Waals surface area contributed by atoms with Gasteiger partial charge in [-0.05, 0) is 26.0 Å². The maximum Gasteiger partial charge on any atom is 0.417 e. The Hall–Kier alpha value is -1.21. The van der Waals surface area contributed by atoms with Crippen LogP contribution in [0.15, 0.2) is 24.3 Å². The topological polar surface area (TPSA) is 52.2 Å². The summed E-state index contributed by atoms with van der Waals surface area (Å²) in [6, 6.07) is 4.58. The smallest absolute Gasteiger partial charge is 0.417 e. The molecule has 3 nitrogen and oxygen atoms in total. The standard InChI is InChI=1S/C13H16F3NO2S/c1-12(2,8-20(3)19)17-11(18)9-6-4-5-7-10(9)13(14,15)16/h4-7H,8H2,1-3H3,(H,17,18). The van der Waals surface area contributed by atoms with E-state index in [1.807, 2.05) is 0 Å². The van der Waals surface area contributed by atoms with E-state index < -0.39 is 39.9 Å². The van der Waals surface area contributed by atoms with Gasteiger partial charge in [-0.3, -0.25) is 4.79 Å². The third kappa shape index (κ3) is 4.72. The van der Waals surface area contributed by atoms with Gasteiger partial charge in [-0.1, -0.05) is 23.3 Å². The van der Waals surface area contributed by atoms with Gasteiger partial charge in [-0.25, -0.2) is 0 Å². The van der Waals surface area contributed by atoms with E-state index in [4.69, 9.17) is 0 Å². The van der Waals surface area contributed by atoms with Gasteiger partial charge < -0.3 is 9.87 Å². The van der Waals surface area contributed by atoms with Crippen LogP contribution in [0.4, 0.5) is 13.2 Å². The molecule has 0 radical (unpaired) electrons. The van der Waals surface area contributed by atoms with Crippen molar-refractivity contribution in [3.05, 3.63) is 35.4 Å². The number of halogens is 3. The fourth-order valence-electron chi connectivity index (χ4n) is 1.85. The van der Waals surface area contributed by atoms with Gasteiger partial charge in [-0.2, -0.15) is 13.2 Å². The second kappa shape index (κ2) is 6.05. The number of alkyl halides is 3. The molecule has 1 atom stereocenters. The number of hydrogen-bond acceptors (Lipinski definition) is 2. The fraction of sp³-hybridized carbons (Fsp3) is 0.462. The quantitative estimate of drug-likeness (QED) is 0.869. The minimum Gasteiger partial charge on any atom is -0.616 e. The molecule has 1 N–H and O–H groups in total. The molecule has 0 bridgehead atoms. The predicted molar refractivity (Wildman–Crippen MR) is 71.9 cm³/mol. The zero-order chi connectivity index (χ0) is 15.6. The summed E-state index contributed by atoms with van der Waals surface area (Å²) >= 11 is -1.17. The molecule has 1 unspecified atom stereocenters. The second-order valence-electron chi connectivity index (χ2n) is 5.10. The molecule has 0 saturated carbocycles. The van der Waals surface area contributed by atoms with Crippen LogP contribution in [0, 0.1) is 0 Å². The molecular weight excluding hydrogens is 291 g/mol. The van der Waals surface area contributed by atoms with Gasteiger partial charge in [0.2, 0.25) is 0 Å². The lowest BCUT2D eigenvalue weighted by molar-refractivity contribution is -0.137. The van der Waals surface area contributed by atoms with E-state index in [-0.39, 0.29) is 5.75 Å². The largest absolute Gasteiger partial charge is 0.616 e. The number of rotatable bonds is 4. The average molecular weight is 307 g/mol. The summed E-state index contributed by atoms with van der Waals surface area (Å²) in [5.41, 5.74) is -2.27. The normalized spacial score (nSPS) is 13.9. The van der Waals surface area contributed by atoms with E-state index in [1.54, 1.807) is 13.8 Å². The first kappa shape index (κ1) is 16.8. The number of hydrogen-bond donors (Lipinski definition) is 1. The summed E-state index contributed by atoms with van der Waals surface area (Å²) < 4.78 is 49.7. The monoisotopic (exact) mass is 307 g/mol. The highest BCUT2D eigenvalue weighted by molar-refractivity contribution is 7.90. The number of nitrogens with one attached hydrogen (secondary N) is 1. The fourth-order valence-corrected chi connectivity index (χ4v) is 2.94. The number of benzene rings is 1. The zero-order valence-electron chi connectivity index (χ0n) is 11.4. The van der Waals surface area contributed by atoms with Crippen LogP contribution >= 0.6 is 0 Å². The number of carbonyl (C=O) groups excluding carboxylic acids is 1. The van der Waals surface area contributed by atoms with Crippen molar-refractivity contribution in [1.29, 1.82) is 0 Å². The Labute approximate surface area is 118 Å². The molecule has 0 aliphatic rings. The van der Waals surface area contributed by atoms with E-state index in [9.17, 15) is 22.5 Å². The van der Waals surface area contributed by atoms with Crippen molar-refractivity contribution in [2.75, 3.05) is 12.0 Å². The van der Waals surface area contributed by atoms with Crippen LogP contribution in [0.1, 0.15) is 29.8 Å². The van der Waals surface area contributed by atoms with E-state index in [0.29, 0.717) is 0 Å². The van der Waals surface area contributed by atoms with Crippen molar-refractivity contribution in [3.8, 4) is 0 Å². The van der Waals surface area contributed by atoms with Crippen molar-refractivity contribution < 1.29 is 22.5 Å². The van der Waals surface area contributed by atoms with Crippen molar-refractivity contribution >= 4 is 17.1 Å². The highest BCUT2D eigenvalue weighted by Gasteiger charge is 2.36. The van der Waals surface area contributed by atoms with E-state index in [2.05, 4.69) is 5.32 Å². The van der Waals surface area contributed by atoms with Gasteiger partial charge >= 0.3 is 6.18 Å². The van der Waals surface area contributed by atoms with Crippen LogP contribution in [0.5, 0.6) is 0 Å². The minimum absolute atomic E-state index is 0.160. The first-order chi connectivity index (χ1) is 9.03. The van der Waals surface area contributed by atoms with Crippen molar-refractivity contribution in [3.63, 3.8) is 0 Å². The molecule has 0 aliphatic carbocycles. The molecule has 0 saturated heterocycles. The molecule has 0 heterocycles. The molecule has 112 valence electrons. The number of amides is 1. The third-order valence-electron chi connectivity index (χ3n) is 2.49.